The van der Waals surface area contributed by atoms with Gasteiger partial charge in [-0.25, -0.2) is 0 Å². The molecule has 1 rings (SSSR count). The number of aryl methyl sites for hydroxylation is 1. The van der Waals surface area contributed by atoms with Crippen LogP contribution < -0.4 is 4.74 Å². The minimum atomic E-state index is -3.06. The summed E-state index contributed by atoms with van der Waals surface area (Å²) in [5, 5.41) is 10.5. The molecule has 0 bridgehead atoms. The highest BCUT2D eigenvalue weighted by atomic mass is 19.3. The number of rotatable bonds is 3. The van der Waals surface area contributed by atoms with Gasteiger partial charge in [-0.05, 0) is 13.0 Å². The largest absolute Gasteiger partial charge is 0.427 e. The van der Waals surface area contributed by atoms with Crippen molar-refractivity contribution in [3.8, 4) is 5.75 Å². The molecule has 1 aromatic rings. The van der Waals surface area contributed by atoms with Crippen molar-refractivity contribution in [2.45, 2.75) is 13.5 Å². The fraction of sp³-hybridized carbons (Fsp3) is 0.250. The van der Waals surface area contributed by atoms with Crippen molar-refractivity contribution in [2.24, 2.45) is 0 Å². The van der Waals surface area contributed by atoms with Gasteiger partial charge in [0.25, 0.3) is 0 Å². The number of nitrogens with zero attached hydrogens (tertiary/aromatic N) is 1. The molecular weight excluding hydrogens is 196 g/mol. The zero-order chi connectivity index (χ0) is 10.7. The van der Waals surface area contributed by atoms with Crippen LogP contribution in [-0.2, 0) is 0 Å². The van der Waals surface area contributed by atoms with Crippen LogP contribution in [0.3, 0.4) is 0 Å². The summed E-state index contributed by atoms with van der Waals surface area (Å²) >= 11 is 0. The van der Waals surface area contributed by atoms with Gasteiger partial charge in [0.15, 0.2) is 0 Å². The smallest absolute Gasteiger partial charge is 0.387 e. The first-order chi connectivity index (χ1) is 6.52. The summed E-state index contributed by atoms with van der Waals surface area (Å²) in [6, 6.07) is 4.01. The van der Waals surface area contributed by atoms with Gasteiger partial charge in [0, 0.05) is 5.56 Å². The SMILES string of the molecule is Cc1cccc(OC(F)F)c1[N+](=O)[O-]. The van der Waals surface area contributed by atoms with E-state index in [2.05, 4.69) is 4.74 Å². The van der Waals surface area contributed by atoms with Gasteiger partial charge >= 0.3 is 12.3 Å². The zero-order valence-corrected chi connectivity index (χ0v) is 7.24. The molecule has 1 aromatic carbocycles. The molecule has 0 aliphatic rings. The Kier molecular flexibility index (Phi) is 2.95. The quantitative estimate of drug-likeness (QED) is 0.560. The number of alkyl halides is 2. The molecular formula is C8H7F2NO3. The molecule has 0 saturated carbocycles. The molecule has 0 unspecified atom stereocenters. The van der Waals surface area contributed by atoms with Crippen molar-refractivity contribution < 1.29 is 18.4 Å². The summed E-state index contributed by atoms with van der Waals surface area (Å²) in [6.45, 7) is -1.60. The van der Waals surface area contributed by atoms with Crippen molar-refractivity contribution in [1.29, 1.82) is 0 Å². The molecule has 0 amide bonds. The Hall–Kier alpha value is -1.72. The highest BCUT2D eigenvalue weighted by Crippen LogP contribution is 2.31. The third-order valence-corrected chi connectivity index (χ3v) is 1.60. The van der Waals surface area contributed by atoms with E-state index < -0.39 is 23.0 Å². The second-order valence-electron chi connectivity index (χ2n) is 2.56. The maximum Gasteiger partial charge on any atom is 0.387 e. The van der Waals surface area contributed by atoms with Gasteiger partial charge in [0.1, 0.15) is 0 Å². The van der Waals surface area contributed by atoms with Crippen LogP contribution >= 0.6 is 0 Å². The van der Waals surface area contributed by atoms with E-state index >= 15 is 0 Å². The van der Waals surface area contributed by atoms with Crippen molar-refractivity contribution in [3.63, 3.8) is 0 Å². The van der Waals surface area contributed by atoms with Gasteiger partial charge in [-0.3, -0.25) is 10.1 Å². The van der Waals surface area contributed by atoms with Crippen LogP contribution in [0.1, 0.15) is 5.56 Å². The Balaban J connectivity index is 3.14. The summed E-state index contributed by atoms with van der Waals surface area (Å²) in [7, 11) is 0. The van der Waals surface area contributed by atoms with Gasteiger partial charge in [-0.15, -0.1) is 0 Å². The average Bonchev–Trinajstić information content (AvgIpc) is 2.01. The van der Waals surface area contributed by atoms with Gasteiger partial charge in [0.2, 0.25) is 5.75 Å². The lowest BCUT2D eigenvalue weighted by Crippen LogP contribution is -2.05. The standard InChI is InChI=1S/C8H7F2NO3/c1-5-3-2-4-6(14-8(9)10)7(5)11(12)13/h2-4,8H,1H3. The number of nitro groups is 1. The first-order valence-corrected chi connectivity index (χ1v) is 3.71. The molecule has 0 aromatic heterocycles. The van der Waals surface area contributed by atoms with E-state index in [1.54, 1.807) is 0 Å². The Morgan fingerprint density at radius 2 is 2.14 bits per heavy atom. The Labute approximate surface area is 78.3 Å². The van der Waals surface area contributed by atoms with Crippen molar-refractivity contribution >= 4 is 5.69 Å². The molecule has 0 heterocycles. The Morgan fingerprint density at radius 3 is 2.64 bits per heavy atom. The lowest BCUT2D eigenvalue weighted by molar-refractivity contribution is -0.387. The fourth-order valence-corrected chi connectivity index (χ4v) is 1.06. The van der Waals surface area contributed by atoms with Gasteiger partial charge in [0.05, 0.1) is 4.92 Å². The van der Waals surface area contributed by atoms with Crippen LogP contribution in [0.25, 0.3) is 0 Å². The number of nitro benzene ring substituents is 1. The maximum atomic E-state index is 11.9. The lowest BCUT2D eigenvalue weighted by atomic mass is 10.2. The van der Waals surface area contributed by atoms with E-state index in [4.69, 9.17) is 0 Å². The minimum Gasteiger partial charge on any atom is -0.427 e. The number of benzene rings is 1. The van der Waals surface area contributed by atoms with Crippen LogP contribution in [0, 0.1) is 17.0 Å². The summed E-state index contributed by atoms with van der Waals surface area (Å²) in [4.78, 5) is 9.76. The van der Waals surface area contributed by atoms with Crippen LogP contribution in [-0.4, -0.2) is 11.5 Å². The highest BCUT2D eigenvalue weighted by molar-refractivity contribution is 5.51. The average molecular weight is 203 g/mol. The number of hydrogen-bond acceptors (Lipinski definition) is 3. The lowest BCUT2D eigenvalue weighted by Gasteiger charge is -2.05. The Bertz CT molecular complexity index is 354. The second-order valence-corrected chi connectivity index (χ2v) is 2.56. The monoisotopic (exact) mass is 203 g/mol. The van der Waals surface area contributed by atoms with Crippen molar-refractivity contribution in [2.75, 3.05) is 0 Å². The van der Waals surface area contributed by atoms with Crippen LogP contribution in [0.5, 0.6) is 5.75 Å². The molecule has 6 heteroatoms. The predicted molar refractivity (Wildman–Crippen MR) is 44.5 cm³/mol. The highest BCUT2D eigenvalue weighted by Gasteiger charge is 2.20. The molecule has 0 radical (unpaired) electrons. The summed E-state index contributed by atoms with van der Waals surface area (Å²) < 4.78 is 27.7. The number of para-hydroxylation sites is 1. The minimum absolute atomic E-state index is 0.285. The second kappa shape index (κ2) is 3.99. The maximum absolute atomic E-state index is 11.9. The number of ether oxygens (including phenoxy) is 1. The van der Waals surface area contributed by atoms with Crippen molar-refractivity contribution in [3.05, 3.63) is 33.9 Å². The summed E-state index contributed by atoms with van der Waals surface area (Å²) in [5.74, 6) is -0.412. The van der Waals surface area contributed by atoms with Crippen molar-refractivity contribution in [1.82, 2.24) is 0 Å². The van der Waals surface area contributed by atoms with E-state index in [1.165, 1.54) is 19.1 Å². The fourth-order valence-electron chi connectivity index (χ4n) is 1.06. The van der Waals surface area contributed by atoms with E-state index in [0.717, 1.165) is 6.07 Å². The Morgan fingerprint density at radius 1 is 1.50 bits per heavy atom. The first kappa shape index (κ1) is 10.4. The van der Waals surface area contributed by atoms with Gasteiger partial charge in [-0.2, -0.15) is 8.78 Å². The van der Waals surface area contributed by atoms with Gasteiger partial charge < -0.3 is 4.74 Å². The summed E-state index contributed by atoms with van der Waals surface area (Å²) in [6.07, 6.45) is 0. The van der Waals surface area contributed by atoms with Crippen LogP contribution in [0.2, 0.25) is 0 Å². The van der Waals surface area contributed by atoms with Gasteiger partial charge in [-0.1, -0.05) is 12.1 Å². The normalized spacial score (nSPS) is 10.3. The molecule has 4 nitrogen and oxygen atoms in total. The van der Waals surface area contributed by atoms with E-state index in [1.807, 2.05) is 0 Å². The van der Waals surface area contributed by atoms with E-state index in [9.17, 15) is 18.9 Å². The zero-order valence-electron chi connectivity index (χ0n) is 7.24. The van der Waals surface area contributed by atoms with E-state index in [-0.39, 0.29) is 5.56 Å². The molecule has 0 N–H and O–H groups in total. The molecule has 14 heavy (non-hydrogen) atoms. The molecule has 0 aliphatic carbocycles. The van der Waals surface area contributed by atoms with Crippen LogP contribution in [0.15, 0.2) is 18.2 Å². The summed E-state index contributed by atoms with van der Waals surface area (Å²) in [5.41, 5.74) is -0.138. The van der Waals surface area contributed by atoms with E-state index in [0.29, 0.717) is 0 Å². The molecule has 76 valence electrons. The molecule has 0 aliphatic heterocycles. The topological polar surface area (TPSA) is 52.4 Å². The number of halogens is 2. The first-order valence-electron chi connectivity index (χ1n) is 3.71. The molecule has 0 fully saturated rings. The predicted octanol–water partition coefficient (Wildman–Crippen LogP) is 2.50. The third-order valence-electron chi connectivity index (χ3n) is 1.60. The van der Waals surface area contributed by atoms with Crippen LogP contribution in [0.4, 0.5) is 14.5 Å². The molecule has 0 saturated heterocycles. The molecule has 0 atom stereocenters. The molecule has 0 spiro atoms. The number of hydrogen-bond donors (Lipinski definition) is 0. The third kappa shape index (κ3) is 2.15.